The normalized spacial score (nSPS) is 18.5. The number of ether oxygens (including phenoxy) is 1. The van der Waals surface area contributed by atoms with Crippen molar-refractivity contribution in [3.63, 3.8) is 0 Å². The van der Waals surface area contributed by atoms with Crippen LogP contribution >= 0.6 is 24.8 Å². The van der Waals surface area contributed by atoms with Crippen LogP contribution in [0.15, 0.2) is 0 Å². The van der Waals surface area contributed by atoms with Gasteiger partial charge in [-0.25, -0.2) is 0 Å². The predicted molar refractivity (Wildman–Crippen MR) is 98.1 cm³/mol. The number of rotatable bonds is 6. The maximum absolute atomic E-state index is 12.2. The average molecular weight is 385 g/mol. The summed E-state index contributed by atoms with van der Waals surface area (Å²) in [6.45, 7) is 7.04. The predicted octanol–water partition coefficient (Wildman–Crippen LogP) is -0.167. The molecule has 0 bridgehead atoms. The second kappa shape index (κ2) is 12.7. The fourth-order valence-electron chi connectivity index (χ4n) is 2.83. The van der Waals surface area contributed by atoms with Crippen molar-refractivity contribution in [3.05, 3.63) is 0 Å². The van der Waals surface area contributed by atoms with E-state index in [1.54, 1.807) is 0 Å². The van der Waals surface area contributed by atoms with Crippen LogP contribution in [0.3, 0.4) is 0 Å². The maximum Gasteiger partial charge on any atom is 0.236 e. The van der Waals surface area contributed by atoms with Crippen molar-refractivity contribution in [1.29, 1.82) is 0 Å². The molecular formula is C15H30Cl2N4O3. The van der Waals surface area contributed by atoms with Crippen molar-refractivity contribution in [3.8, 4) is 0 Å². The Bertz CT molecular complexity index is 374. The van der Waals surface area contributed by atoms with E-state index in [9.17, 15) is 9.59 Å². The molecule has 1 N–H and O–H groups in total. The van der Waals surface area contributed by atoms with Gasteiger partial charge in [-0.15, -0.1) is 24.8 Å². The Hall–Kier alpha value is -0.600. The van der Waals surface area contributed by atoms with E-state index in [0.29, 0.717) is 39.3 Å². The third-order valence-corrected chi connectivity index (χ3v) is 4.27. The average Bonchev–Trinajstić information content (AvgIpc) is 2.56. The minimum atomic E-state index is 0. The maximum atomic E-state index is 12.2. The van der Waals surface area contributed by atoms with Crippen molar-refractivity contribution in [1.82, 2.24) is 20.0 Å². The number of hydrogen-bond donors (Lipinski definition) is 1. The monoisotopic (exact) mass is 384 g/mol. The number of piperazine rings is 1. The molecule has 2 aliphatic rings. The van der Waals surface area contributed by atoms with Gasteiger partial charge in [-0.1, -0.05) is 0 Å². The van der Waals surface area contributed by atoms with E-state index in [-0.39, 0.29) is 36.6 Å². The summed E-state index contributed by atoms with van der Waals surface area (Å²) in [6, 6.07) is 0. The molecular weight excluding hydrogens is 355 g/mol. The van der Waals surface area contributed by atoms with Gasteiger partial charge in [0.25, 0.3) is 0 Å². The van der Waals surface area contributed by atoms with Crippen molar-refractivity contribution < 1.29 is 14.3 Å². The fourth-order valence-corrected chi connectivity index (χ4v) is 2.83. The molecule has 2 amide bonds. The molecule has 2 aliphatic heterocycles. The molecule has 24 heavy (non-hydrogen) atoms. The number of nitrogens with one attached hydrogen (secondary N) is 1. The SMILES string of the molecule is CNCCCC(=O)N1CCN(CC(=O)N2CCOCC2)CC1.Cl.Cl. The Morgan fingerprint density at radius 1 is 0.917 bits per heavy atom. The van der Waals surface area contributed by atoms with Gasteiger partial charge in [-0.3, -0.25) is 14.5 Å². The molecule has 9 heteroatoms. The van der Waals surface area contributed by atoms with E-state index in [0.717, 1.165) is 39.1 Å². The first-order valence-electron chi connectivity index (χ1n) is 8.21. The molecule has 0 spiro atoms. The molecule has 2 saturated heterocycles. The van der Waals surface area contributed by atoms with Crippen LogP contribution in [0.2, 0.25) is 0 Å². The van der Waals surface area contributed by atoms with E-state index in [1.165, 1.54) is 0 Å². The van der Waals surface area contributed by atoms with E-state index in [1.807, 2.05) is 16.8 Å². The van der Waals surface area contributed by atoms with Crippen molar-refractivity contribution >= 4 is 36.6 Å². The quantitative estimate of drug-likeness (QED) is 0.644. The van der Waals surface area contributed by atoms with Gasteiger partial charge in [0, 0.05) is 45.7 Å². The summed E-state index contributed by atoms with van der Waals surface area (Å²) in [4.78, 5) is 30.2. The fraction of sp³-hybridized carbons (Fsp3) is 0.867. The largest absolute Gasteiger partial charge is 0.378 e. The third kappa shape index (κ3) is 7.53. The number of carbonyl (C=O) groups excluding carboxylic acids is 2. The molecule has 2 fully saturated rings. The first kappa shape index (κ1) is 23.4. The smallest absolute Gasteiger partial charge is 0.236 e. The molecule has 2 heterocycles. The van der Waals surface area contributed by atoms with Gasteiger partial charge in [-0.2, -0.15) is 0 Å². The Kier molecular flexibility index (Phi) is 12.4. The van der Waals surface area contributed by atoms with Crippen LogP contribution in [-0.2, 0) is 14.3 Å². The number of amides is 2. The molecule has 142 valence electrons. The van der Waals surface area contributed by atoms with E-state index in [2.05, 4.69) is 10.2 Å². The van der Waals surface area contributed by atoms with Crippen LogP contribution in [0.25, 0.3) is 0 Å². The summed E-state index contributed by atoms with van der Waals surface area (Å²) in [5.74, 6) is 0.409. The lowest BCUT2D eigenvalue weighted by atomic mass is 10.2. The first-order valence-corrected chi connectivity index (χ1v) is 8.21. The molecule has 0 radical (unpaired) electrons. The molecule has 2 rings (SSSR count). The highest BCUT2D eigenvalue weighted by Gasteiger charge is 2.24. The van der Waals surface area contributed by atoms with Crippen LogP contribution in [0, 0.1) is 0 Å². The van der Waals surface area contributed by atoms with Crippen LogP contribution in [0.4, 0.5) is 0 Å². The number of nitrogens with zero attached hydrogens (tertiary/aromatic N) is 3. The molecule has 0 aromatic heterocycles. The lowest BCUT2D eigenvalue weighted by Crippen LogP contribution is -2.52. The Morgan fingerprint density at radius 2 is 1.50 bits per heavy atom. The summed E-state index contributed by atoms with van der Waals surface area (Å²) in [5.41, 5.74) is 0. The van der Waals surface area contributed by atoms with Gasteiger partial charge in [0.2, 0.25) is 11.8 Å². The highest BCUT2D eigenvalue weighted by molar-refractivity contribution is 5.85. The van der Waals surface area contributed by atoms with Gasteiger partial charge in [0.15, 0.2) is 0 Å². The summed E-state index contributed by atoms with van der Waals surface area (Å²) in [6.07, 6.45) is 1.48. The Balaban J connectivity index is 0.00000264. The zero-order valence-corrected chi connectivity index (χ0v) is 16.0. The summed E-state index contributed by atoms with van der Waals surface area (Å²) >= 11 is 0. The number of hydrogen-bond acceptors (Lipinski definition) is 5. The minimum absolute atomic E-state index is 0. The van der Waals surface area contributed by atoms with E-state index >= 15 is 0 Å². The van der Waals surface area contributed by atoms with Crippen molar-refractivity contribution in [2.24, 2.45) is 0 Å². The first-order chi connectivity index (χ1) is 10.7. The minimum Gasteiger partial charge on any atom is -0.378 e. The highest BCUT2D eigenvalue weighted by Crippen LogP contribution is 2.06. The Morgan fingerprint density at radius 3 is 2.08 bits per heavy atom. The van der Waals surface area contributed by atoms with E-state index in [4.69, 9.17) is 4.74 Å². The molecule has 0 aromatic rings. The standard InChI is InChI=1S/C15H28N4O3.2ClH/c1-16-4-2-3-14(20)18-7-5-17(6-8-18)13-15(21)19-9-11-22-12-10-19;;/h16H,2-13H2,1H3;2*1H. The molecule has 0 atom stereocenters. The number of morpholine rings is 1. The van der Waals surface area contributed by atoms with Gasteiger partial charge >= 0.3 is 0 Å². The summed E-state index contributed by atoms with van der Waals surface area (Å²) in [5, 5.41) is 3.06. The third-order valence-electron chi connectivity index (χ3n) is 4.27. The van der Waals surface area contributed by atoms with Gasteiger partial charge < -0.3 is 19.9 Å². The van der Waals surface area contributed by atoms with E-state index < -0.39 is 0 Å². The topological polar surface area (TPSA) is 65.1 Å². The highest BCUT2D eigenvalue weighted by atomic mass is 35.5. The second-order valence-corrected chi connectivity index (χ2v) is 5.86. The van der Waals surface area contributed by atoms with Crippen LogP contribution in [0.5, 0.6) is 0 Å². The van der Waals surface area contributed by atoms with Gasteiger partial charge in [0.1, 0.15) is 0 Å². The molecule has 0 unspecified atom stereocenters. The van der Waals surface area contributed by atoms with Gasteiger partial charge in [-0.05, 0) is 20.0 Å². The van der Waals surface area contributed by atoms with Crippen LogP contribution < -0.4 is 5.32 Å². The molecule has 0 aromatic carbocycles. The van der Waals surface area contributed by atoms with Gasteiger partial charge in [0.05, 0.1) is 19.8 Å². The zero-order chi connectivity index (χ0) is 15.8. The number of carbonyl (C=O) groups is 2. The van der Waals surface area contributed by atoms with Crippen molar-refractivity contribution in [2.45, 2.75) is 12.8 Å². The zero-order valence-electron chi connectivity index (χ0n) is 14.4. The Labute approximate surface area is 156 Å². The second-order valence-electron chi connectivity index (χ2n) is 5.86. The molecule has 0 saturated carbocycles. The summed E-state index contributed by atoms with van der Waals surface area (Å²) < 4.78 is 5.26. The number of halogens is 2. The molecule has 7 nitrogen and oxygen atoms in total. The van der Waals surface area contributed by atoms with Crippen LogP contribution in [0.1, 0.15) is 12.8 Å². The lowest BCUT2D eigenvalue weighted by Gasteiger charge is -2.36. The van der Waals surface area contributed by atoms with Crippen LogP contribution in [-0.4, -0.2) is 99.1 Å². The lowest BCUT2D eigenvalue weighted by molar-refractivity contribution is -0.138. The molecule has 0 aliphatic carbocycles. The van der Waals surface area contributed by atoms with Crippen molar-refractivity contribution in [2.75, 3.05) is 72.6 Å². The summed E-state index contributed by atoms with van der Waals surface area (Å²) in [7, 11) is 1.90.